The molecule has 5 nitrogen and oxygen atoms in total. The van der Waals surface area contributed by atoms with E-state index < -0.39 is 10.0 Å². The SMILES string of the molecule is O=S(=O)(CC1CCOCC1)NCC1(CCO)CCCC1. The summed E-state index contributed by atoms with van der Waals surface area (Å²) in [5.74, 6) is 0.435. The van der Waals surface area contributed by atoms with Crippen LogP contribution in [0.4, 0.5) is 0 Å². The van der Waals surface area contributed by atoms with Gasteiger partial charge in [0.25, 0.3) is 0 Å². The molecule has 2 aliphatic rings. The quantitative estimate of drug-likeness (QED) is 0.743. The normalized spacial score (nSPS) is 24.1. The minimum Gasteiger partial charge on any atom is -0.396 e. The van der Waals surface area contributed by atoms with Crippen LogP contribution in [0.3, 0.4) is 0 Å². The highest BCUT2D eigenvalue weighted by atomic mass is 32.2. The van der Waals surface area contributed by atoms with Crippen molar-refractivity contribution in [1.82, 2.24) is 4.72 Å². The number of nitrogens with one attached hydrogen (secondary N) is 1. The van der Waals surface area contributed by atoms with Crippen LogP contribution < -0.4 is 4.72 Å². The Hall–Kier alpha value is -0.170. The van der Waals surface area contributed by atoms with E-state index in [9.17, 15) is 13.5 Å². The molecule has 0 radical (unpaired) electrons. The summed E-state index contributed by atoms with van der Waals surface area (Å²) in [6.45, 7) is 1.98. The van der Waals surface area contributed by atoms with Gasteiger partial charge in [0.15, 0.2) is 0 Å². The molecule has 1 saturated heterocycles. The van der Waals surface area contributed by atoms with Gasteiger partial charge < -0.3 is 9.84 Å². The molecule has 1 aliphatic heterocycles. The second-order valence-corrected chi connectivity index (χ2v) is 8.19. The Balaban J connectivity index is 1.84. The Morgan fingerprint density at radius 2 is 1.85 bits per heavy atom. The average Bonchev–Trinajstić information content (AvgIpc) is 2.87. The van der Waals surface area contributed by atoms with E-state index >= 15 is 0 Å². The van der Waals surface area contributed by atoms with Crippen LogP contribution in [0.2, 0.25) is 0 Å². The predicted octanol–water partition coefficient (Wildman–Crippen LogP) is 1.28. The lowest BCUT2D eigenvalue weighted by Crippen LogP contribution is -2.39. The molecule has 0 unspecified atom stereocenters. The predicted molar refractivity (Wildman–Crippen MR) is 77.9 cm³/mol. The molecular weight excluding hydrogens is 278 g/mol. The second kappa shape index (κ2) is 7.20. The molecule has 20 heavy (non-hydrogen) atoms. The summed E-state index contributed by atoms with van der Waals surface area (Å²) in [6, 6.07) is 0. The van der Waals surface area contributed by atoms with E-state index in [1.807, 2.05) is 0 Å². The van der Waals surface area contributed by atoms with Crippen LogP contribution >= 0.6 is 0 Å². The Kier molecular flexibility index (Phi) is 5.84. The zero-order valence-corrected chi connectivity index (χ0v) is 13.0. The summed E-state index contributed by atoms with van der Waals surface area (Å²) < 4.78 is 32.4. The van der Waals surface area contributed by atoms with Gasteiger partial charge in [-0.3, -0.25) is 0 Å². The number of aliphatic hydroxyl groups excluding tert-OH is 1. The lowest BCUT2D eigenvalue weighted by atomic mass is 9.83. The van der Waals surface area contributed by atoms with E-state index in [1.54, 1.807) is 0 Å². The second-order valence-electron chi connectivity index (χ2n) is 6.34. The highest BCUT2D eigenvalue weighted by Crippen LogP contribution is 2.40. The highest BCUT2D eigenvalue weighted by Gasteiger charge is 2.34. The van der Waals surface area contributed by atoms with Crippen molar-refractivity contribution in [2.45, 2.75) is 44.9 Å². The van der Waals surface area contributed by atoms with Gasteiger partial charge in [-0.05, 0) is 43.4 Å². The zero-order valence-electron chi connectivity index (χ0n) is 12.1. The maximum atomic E-state index is 12.2. The van der Waals surface area contributed by atoms with Gasteiger partial charge in [0, 0.05) is 26.4 Å². The Bertz CT molecular complexity index is 384. The number of rotatable bonds is 7. The van der Waals surface area contributed by atoms with Gasteiger partial charge in [0.1, 0.15) is 0 Å². The van der Waals surface area contributed by atoms with E-state index in [4.69, 9.17) is 4.74 Å². The van der Waals surface area contributed by atoms with Gasteiger partial charge in [-0.15, -0.1) is 0 Å². The third kappa shape index (κ3) is 4.69. The fraction of sp³-hybridized carbons (Fsp3) is 1.00. The largest absolute Gasteiger partial charge is 0.396 e. The number of hydrogen-bond donors (Lipinski definition) is 2. The van der Waals surface area contributed by atoms with Crippen LogP contribution in [-0.4, -0.2) is 45.6 Å². The lowest BCUT2D eigenvalue weighted by Gasteiger charge is -2.29. The van der Waals surface area contributed by atoms with Gasteiger partial charge in [0.2, 0.25) is 10.0 Å². The number of hydrogen-bond acceptors (Lipinski definition) is 4. The smallest absolute Gasteiger partial charge is 0.211 e. The Morgan fingerprint density at radius 3 is 2.45 bits per heavy atom. The van der Waals surface area contributed by atoms with Crippen LogP contribution in [0.15, 0.2) is 0 Å². The molecule has 0 aromatic carbocycles. The average molecular weight is 305 g/mol. The van der Waals surface area contributed by atoms with Crippen molar-refractivity contribution in [1.29, 1.82) is 0 Å². The molecule has 2 rings (SSSR count). The van der Waals surface area contributed by atoms with Crippen molar-refractivity contribution in [3.05, 3.63) is 0 Å². The van der Waals surface area contributed by atoms with Crippen molar-refractivity contribution in [3.8, 4) is 0 Å². The van der Waals surface area contributed by atoms with E-state index in [1.165, 1.54) is 0 Å². The summed E-state index contributed by atoms with van der Waals surface area (Å²) in [4.78, 5) is 0. The highest BCUT2D eigenvalue weighted by molar-refractivity contribution is 7.89. The Morgan fingerprint density at radius 1 is 1.20 bits per heavy atom. The van der Waals surface area contributed by atoms with Crippen molar-refractivity contribution in [2.24, 2.45) is 11.3 Å². The minimum atomic E-state index is -3.21. The van der Waals surface area contributed by atoms with E-state index in [-0.39, 0.29) is 23.7 Å². The summed E-state index contributed by atoms with van der Waals surface area (Å²) in [6.07, 6.45) is 6.70. The van der Waals surface area contributed by atoms with Gasteiger partial charge in [0.05, 0.1) is 5.75 Å². The molecule has 6 heteroatoms. The first-order chi connectivity index (χ1) is 9.55. The third-order valence-electron chi connectivity index (χ3n) is 4.77. The van der Waals surface area contributed by atoms with Crippen molar-refractivity contribution in [2.75, 3.05) is 32.1 Å². The summed E-state index contributed by atoms with van der Waals surface area (Å²) in [5, 5.41) is 9.19. The molecule has 0 aromatic rings. The zero-order chi connectivity index (χ0) is 14.5. The first-order valence-electron chi connectivity index (χ1n) is 7.71. The first kappa shape index (κ1) is 16.2. The molecule has 0 bridgehead atoms. The maximum Gasteiger partial charge on any atom is 0.211 e. The summed E-state index contributed by atoms with van der Waals surface area (Å²) >= 11 is 0. The molecular formula is C14H27NO4S. The number of ether oxygens (including phenoxy) is 1. The topological polar surface area (TPSA) is 75.6 Å². The van der Waals surface area contributed by atoms with E-state index in [0.717, 1.165) is 38.5 Å². The molecule has 0 spiro atoms. The standard InChI is InChI=1S/C14H27NO4S/c16-8-7-14(5-1-2-6-14)12-15-20(17,18)11-13-3-9-19-10-4-13/h13,15-16H,1-12H2. The van der Waals surface area contributed by atoms with Crippen molar-refractivity contribution >= 4 is 10.0 Å². The minimum absolute atomic E-state index is 0.0164. The maximum absolute atomic E-state index is 12.2. The van der Waals surface area contributed by atoms with Crippen LogP contribution in [0, 0.1) is 11.3 Å². The van der Waals surface area contributed by atoms with Gasteiger partial charge >= 0.3 is 0 Å². The van der Waals surface area contributed by atoms with Crippen LogP contribution in [0.25, 0.3) is 0 Å². The summed E-state index contributed by atoms with van der Waals surface area (Å²) in [7, 11) is -3.21. The van der Waals surface area contributed by atoms with Crippen LogP contribution in [0.5, 0.6) is 0 Å². The molecule has 0 amide bonds. The molecule has 2 fully saturated rings. The molecule has 118 valence electrons. The summed E-state index contributed by atoms with van der Waals surface area (Å²) in [5.41, 5.74) is -0.0164. The molecule has 1 heterocycles. The Labute approximate surface area is 122 Å². The molecule has 0 atom stereocenters. The number of aliphatic hydroxyl groups is 1. The molecule has 1 saturated carbocycles. The van der Waals surface area contributed by atoms with Crippen LogP contribution in [-0.2, 0) is 14.8 Å². The monoisotopic (exact) mass is 305 g/mol. The van der Waals surface area contributed by atoms with Gasteiger partial charge in [-0.1, -0.05) is 12.8 Å². The van der Waals surface area contributed by atoms with E-state index in [0.29, 0.717) is 26.2 Å². The van der Waals surface area contributed by atoms with Gasteiger partial charge in [-0.2, -0.15) is 0 Å². The third-order valence-corrected chi connectivity index (χ3v) is 6.26. The van der Waals surface area contributed by atoms with Crippen LogP contribution in [0.1, 0.15) is 44.9 Å². The molecule has 1 aliphatic carbocycles. The van der Waals surface area contributed by atoms with Gasteiger partial charge in [-0.25, -0.2) is 13.1 Å². The van der Waals surface area contributed by atoms with Crippen molar-refractivity contribution < 1.29 is 18.3 Å². The lowest BCUT2D eigenvalue weighted by molar-refractivity contribution is 0.0722. The fourth-order valence-corrected chi connectivity index (χ4v) is 5.02. The first-order valence-corrected chi connectivity index (χ1v) is 9.36. The molecule has 2 N–H and O–H groups in total. The fourth-order valence-electron chi connectivity index (χ4n) is 3.42. The number of sulfonamides is 1. The molecule has 0 aromatic heterocycles. The van der Waals surface area contributed by atoms with Crippen molar-refractivity contribution in [3.63, 3.8) is 0 Å². The van der Waals surface area contributed by atoms with E-state index in [2.05, 4.69) is 4.72 Å².